The predicted molar refractivity (Wildman–Crippen MR) is 57.5 cm³/mol. The summed E-state index contributed by atoms with van der Waals surface area (Å²) >= 11 is 11.6. The maximum atomic E-state index is 5.80. The maximum absolute atomic E-state index is 5.80. The van der Waals surface area contributed by atoms with Gasteiger partial charge < -0.3 is 0 Å². The molecule has 0 aliphatic carbocycles. The van der Waals surface area contributed by atoms with E-state index in [0.717, 1.165) is 6.04 Å². The summed E-state index contributed by atoms with van der Waals surface area (Å²) in [5.41, 5.74) is 0. The molecule has 0 unspecified atom stereocenters. The van der Waals surface area contributed by atoms with Gasteiger partial charge in [0, 0.05) is 0 Å². The number of rotatable bonds is 5. The maximum Gasteiger partial charge on any atom is 0.105 e. The van der Waals surface area contributed by atoms with Crippen LogP contribution < -0.4 is 0 Å². The molecule has 0 atom stereocenters. The van der Waals surface area contributed by atoms with Crippen molar-refractivity contribution in [1.29, 1.82) is 0 Å². The molecule has 0 aromatic rings. The summed E-state index contributed by atoms with van der Waals surface area (Å²) in [5.74, 6) is 0. The van der Waals surface area contributed by atoms with E-state index in [9.17, 15) is 0 Å². The Labute approximate surface area is 81.3 Å². The van der Waals surface area contributed by atoms with Crippen LogP contribution in [0.25, 0.3) is 0 Å². The first-order valence-corrected chi connectivity index (χ1v) is 8.08. The van der Waals surface area contributed by atoms with Gasteiger partial charge >= 0.3 is 0 Å². The molecule has 0 aromatic heterocycles. The number of hydrogen-bond acceptors (Lipinski definition) is 0. The van der Waals surface area contributed by atoms with Crippen molar-refractivity contribution >= 4 is 31.3 Å². The van der Waals surface area contributed by atoms with Crippen LogP contribution in [-0.2, 0) is 0 Å². The van der Waals surface area contributed by atoms with Crippen molar-refractivity contribution in [2.24, 2.45) is 0 Å². The van der Waals surface area contributed by atoms with E-state index in [1.165, 1.54) is 18.1 Å². The van der Waals surface area contributed by atoms with Crippen molar-refractivity contribution in [2.45, 2.75) is 49.8 Å². The van der Waals surface area contributed by atoms with Gasteiger partial charge in [-0.25, -0.2) is 0 Å². The van der Waals surface area contributed by atoms with E-state index >= 15 is 0 Å². The summed E-state index contributed by atoms with van der Waals surface area (Å²) in [4.78, 5) is -0.137. The third-order valence-electron chi connectivity index (χ3n) is 2.84. The summed E-state index contributed by atoms with van der Waals surface area (Å²) in [6.45, 7) is 6.82. The van der Waals surface area contributed by atoms with Gasteiger partial charge in [0.05, 0.1) is 8.07 Å². The zero-order valence-corrected chi connectivity index (χ0v) is 10.2. The molecule has 0 aliphatic heterocycles. The van der Waals surface area contributed by atoms with E-state index in [0.29, 0.717) is 0 Å². The summed E-state index contributed by atoms with van der Waals surface area (Å²) in [7, 11) is -1.04. The monoisotopic (exact) mass is 212 g/mol. The molecule has 11 heavy (non-hydrogen) atoms. The number of hydrogen-bond donors (Lipinski definition) is 0. The molecule has 0 saturated heterocycles. The molecule has 0 aromatic carbocycles. The molecule has 68 valence electrons. The van der Waals surface area contributed by atoms with Crippen molar-refractivity contribution in [1.82, 2.24) is 0 Å². The lowest BCUT2D eigenvalue weighted by Crippen LogP contribution is -2.32. The molecule has 0 saturated carbocycles. The van der Waals surface area contributed by atoms with Crippen molar-refractivity contribution < 1.29 is 0 Å². The van der Waals surface area contributed by atoms with Gasteiger partial charge in [0.1, 0.15) is 4.84 Å². The summed E-state index contributed by atoms with van der Waals surface area (Å²) in [6, 6.07) is 5.02. The van der Waals surface area contributed by atoms with E-state index in [2.05, 4.69) is 20.8 Å². The van der Waals surface area contributed by atoms with E-state index in [4.69, 9.17) is 23.2 Å². The topological polar surface area (TPSA) is 0 Å². The van der Waals surface area contributed by atoms with E-state index in [1.807, 2.05) is 0 Å². The Kier molecular flexibility index (Phi) is 5.84. The highest BCUT2D eigenvalue weighted by Gasteiger charge is 2.28. The van der Waals surface area contributed by atoms with Gasteiger partial charge in [0.15, 0.2) is 0 Å². The smallest absolute Gasteiger partial charge is 0.105 e. The van der Waals surface area contributed by atoms with Crippen LogP contribution in [0.2, 0.25) is 24.2 Å². The Balaban J connectivity index is 4.05. The highest BCUT2D eigenvalue weighted by Crippen LogP contribution is 2.29. The fourth-order valence-corrected chi connectivity index (χ4v) is 6.49. The van der Waals surface area contributed by atoms with Gasteiger partial charge in [0.2, 0.25) is 0 Å². The summed E-state index contributed by atoms with van der Waals surface area (Å²) in [6.07, 6.45) is 0. The fraction of sp³-hybridized carbons (Fsp3) is 1.00. The molecule has 3 heteroatoms. The van der Waals surface area contributed by atoms with Gasteiger partial charge in [0.25, 0.3) is 0 Å². The zero-order valence-electron chi connectivity index (χ0n) is 7.66. The standard InChI is InChI=1S/C8H18Cl2Si/c1-4-11(5-2,6-3)7-8(9)10/h8H,4-7H2,1-3H3. The molecule has 0 bridgehead atoms. The van der Waals surface area contributed by atoms with E-state index in [1.54, 1.807) is 0 Å². The zero-order chi connectivity index (χ0) is 8.91. The van der Waals surface area contributed by atoms with Gasteiger partial charge in [-0.3, -0.25) is 0 Å². The molecular formula is C8H18Cl2Si. The molecule has 0 N–H and O–H groups in total. The Hall–Kier alpha value is 0.797. The molecule has 0 amide bonds. The van der Waals surface area contributed by atoms with Gasteiger partial charge in [-0.05, 0) is 6.04 Å². The third kappa shape index (κ3) is 3.82. The molecule has 0 nitrogen and oxygen atoms in total. The Morgan fingerprint density at radius 2 is 1.36 bits per heavy atom. The van der Waals surface area contributed by atoms with Gasteiger partial charge in [-0.1, -0.05) is 38.9 Å². The van der Waals surface area contributed by atoms with Crippen LogP contribution in [-0.4, -0.2) is 12.9 Å². The molecule has 0 heterocycles. The first-order chi connectivity index (χ1) is 5.10. The Bertz CT molecular complexity index is 92.0. The first kappa shape index (κ1) is 11.8. The molecule has 0 fully saturated rings. The number of halogens is 2. The molecule has 0 radical (unpaired) electrons. The van der Waals surface area contributed by atoms with Crippen LogP contribution in [0, 0.1) is 0 Å². The average Bonchev–Trinajstić information content (AvgIpc) is 2.00. The van der Waals surface area contributed by atoms with Crippen molar-refractivity contribution in [3.8, 4) is 0 Å². The lowest BCUT2D eigenvalue weighted by atomic mass is 10.9. The van der Waals surface area contributed by atoms with Gasteiger partial charge in [-0.2, -0.15) is 0 Å². The predicted octanol–water partition coefficient (Wildman–Crippen LogP) is 4.30. The largest absolute Gasteiger partial charge is 0.106 e. The molecule has 0 aliphatic rings. The quantitative estimate of drug-likeness (QED) is 0.472. The normalized spacial score (nSPS) is 12.5. The van der Waals surface area contributed by atoms with Gasteiger partial charge in [-0.15, -0.1) is 23.2 Å². The van der Waals surface area contributed by atoms with Crippen LogP contribution >= 0.6 is 23.2 Å². The Morgan fingerprint density at radius 1 is 1.00 bits per heavy atom. The average molecular weight is 213 g/mol. The van der Waals surface area contributed by atoms with E-state index < -0.39 is 8.07 Å². The third-order valence-corrected chi connectivity index (χ3v) is 9.44. The second-order valence-corrected chi connectivity index (χ2v) is 9.96. The highest BCUT2D eigenvalue weighted by molar-refractivity contribution is 6.81. The summed E-state index contributed by atoms with van der Waals surface area (Å²) in [5, 5.41) is 0. The second kappa shape index (κ2) is 5.44. The fourth-order valence-electron chi connectivity index (χ4n) is 1.51. The lowest BCUT2D eigenvalue weighted by Gasteiger charge is -2.28. The molecular weight excluding hydrogens is 195 g/mol. The van der Waals surface area contributed by atoms with Crippen molar-refractivity contribution in [2.75, 3.05) is 0 Å². The highest BCUT2D eigenvalue weighted by atomic mass is 35.5. The minimum Gasteiger partial charge on any atom is -0.106 e. The molecule has 0 rings (SSSR count). The van der Waals surface area contributed by atoms with E-state index in [-0.39, 0.29) is 4.84 Å². The minimum absolute atomic E-state index is 0.137. The van der Waals surface area contributed by atoms with Crippen LogP contribution in [0.3, 0.4) is 0 Å². The van der Waals surface area contributed by atoms with Crippen LogP contribution in [0.4, 0.5) is 0 Å². The van der Waals surface area contributed by atoms with Crippen LogP contribution in [0.1, 0.15) is 20.8 Å². The SMILES string of the molecule is CC[Si](CC)(CC)CC(Cl)Cl. The summed E-state index contributed by atoms with van der Waals surface area (Å²) < 4.78 is 0. The Morgan fingerprint density at radius 3 is 1.45 bits per heavy atom. The van der Waals surface area contributed by atoms with Crippen molar-refractivity contribution in [3.63, 3.8) is 0 Å². The van der Waals surface area contributed by atoms with Crippen LogP contribution in [0.5, 0.6) is 0 Å². The molecule has 0 spiro atoms. The first-order valence-electron chi connectivity index (χ1n) is 4.38. The minimum atomic E-state index is -1.04. The second-order valence-electron chi connectivity index (χ2n) is 3.16. The van der Waals surface area contributed by atoms with Crippen molar-refractivity contribution in [3.05, 3.63) is 0 Å². The lowest BCUT2D eigenvalue weighted by molar-refractivity contribution is 1.09. The number of alkyl halides is 2. The van der Waals surface area contributed by atoms with Crippen LogP contribution in [0.15, 0.2) is 0 Å².